The van der Waals surface area contributed by atoms with E-state index in [1.54, 1.807) is 9.80 Å². The molecule has 0 aromatic carbocycles. The first-order valence-corrected chi connectivity index (χ1v) is 8.57. The standard InChI is InChI=1S/C16H25N3O4/c1-2-14(15(21)18-5-7-23-8-6-18)17-16(22)19-11-3-4-12(19)10-13(20)9-11/h11-12,14H,2-10H2,1H3,(H,17,22). The van der Waals surface area contributed by atoms with E-state index in [1.165, 1.54) is 0 Å². The number of hydrogen-bond donors (Lipinski definition) is 1. The minimum absolute atomic E-state index is 0.0113. The van der Waals surface area contributed by atoms with Crippen LogP contribution in [0.2, 0.25) is 0 Å². The predicted molar refractivity (Wildman–Crippen MR) is 82.9 cm³/mol. The zero-order chi connectivity index (χ0) is 16.4. The van der Waals surface area contributed by atoms with Crippen molar-refractivity contribution in [3.8, 4) is 0 Å². The molecule has 3 atom stereocenters. The molecule has 3 aliphatic rings. The zero-order valence-corrected chi connectivity index (χ0v) is 13.6. The minimum atomic E-state index is -0.502. The van der Waals surface area contributed by atoms with Gasteiger partial charge >= 0.3 is 6.03 Å². The molecule has 0 aromatic rings. The molecule has 0 radical (unpaired) electrons. The topological polar surface area (TPSA) is 79.0 Å². The van der Waals surface area contributed by atoms with Gasteiger partial charge in [0.1, 0.15) is 11.8 Å². The molecule has 0 aromatic heterocycles. The molecular formula is C16H25N3O4. The van der Waals surface area contributed by atoms with Crippen LogP contribution >= 0.6 is 0 Å². The fourth-order valence-corrected chi connectivity index (χ4v) is 3.87. The number of nitrogens with zero attached hydrogens (tertiary/aromatic N) is 2. The van der Waals surface area contributed by atoms with Crippen molar-refractivity contribution in [1.82, 2.24) is 15.1 Å². The Morgan fingerprint density at radius 1 is 1.22 bits per heavy atom. The summed E-state index contributed by atoms with van der Waals surface area (Å²) in [6.45, 7) is 4.16. The van der Waals surface area contributed by atoms with E-state index in [0.29, 0.717) is 45.6 Å². The minimum Gasteiger partial charge on any atom is -0.378 e. The zero-order valence-electron chi connectivity index (χ0n) is 13.6. The fourth-order valence-electron chi connectivity index (χ4n) is 3.87. The van der Waals surface area contributed by atoms with Crippen molar-refractivity contribution in [1.29, 1.82) is 0 Å². The molecule has 0 spiro atoms. The highest BCUT2D eigenvalue weighted by molar-refractivity contribution is 5.89. The summed E-state index contributed by atoms with van der Waals surface area (Å²) in [5, 5.41) is 2.89. The van der Waals surface area contributed by atoms with Crippen molar-refractivity contribution in [2.45, 2.75) is 57.2 Å². The van der Waals surface area contributed by atoms with Gasteiger partial charge in [0.2, 0.25) is 5.91 Å². The highest BCUT2D eigenvalue weighted by atomic mass is 16.5. The molecule has 0 saturated carbocycles. The first kappa shape index (κ1) is 16.2. The van der Waals surface area contributed by atoms with E-state index < -0.39 is 6.04 Å². The van der Waals surface area contributed by atoms with Crippen LogP contribution in [-0.4, -0.2) is 72.0 Å². The molecule has 128 valence electrons. The number of hydrogen-bond acceptors (Lipinski definition) is 4. The lowest BCUT2D eigenvalue weighted by Crippen LogP contribution is -2.57. The van der Waals surface area contributed by atoms with Gasteiger partial charge < -0.3 is 19.9 Å². The molecule has 3 rings (SSSR count). The summed E-state index contributed by atoms with van der Waals surface area (Å²) < 4.78 is 5.26. The summed E-state index contributed by atoms with van der Waals surface area (Å²) in [4.78, 5) is 40.4. The Labute approximate surface area is 136 Å². The van der Waals surface area contributed by atoms with Crippen molar-refractivity contribution >= 4 is 17.7 Å². The van der Waals surface area contributed by atoms with Crippen LogP contribution in [-0.2, 0) is 14.3 Å². The van der Waals surface area contributed by atoms with Crippen molar-refractivity contribution in [3.63, 3.8) is 0 Å². The Balaban J connectivity index is 1.61. The number of nitrogens with one attached hydrogen (secondary N) is 1. The van der Waals surface area contributed by atoms with Gasteiger partial charge in [-0.2, -0.15) is 0 Å². The van der Waals surface area contributed by atoms with Gasteiger partial charge in [-0.15, -0.1) is 0 Å². The van der Waals surface area contributed by atoms with E-state index in [1.807, 2.05) is 6.92 Å². The number of ether oxygens (including phenoxy) is 1. The average molecular weight is 323 g/mol. The van der Waals surface area contributed by atoms with E-state index in [9.17, 15) is 14.4 Å². The third-order valence-corrected chi connectivity index (χ3v) is 5.11. The molecule has 3 amide bonds. The number of ketones is 1. The number of morpholine rings is 1. The third kappa shape index (κ3) is 3.34. The van der Waals surface area contributed by atoms with Gasteiger partial charge in [-0.25, -0.2) is 4.79 Å². The van der Waals surface area contributed by atoms with Gasteiger partial charge in [0.05, 0.1) is 13.2 Å². The number of Topliss-reactive ketones (excluding diaryl/α,β-unsaturated/α-hetero) is 1. The second-order valence-corrected chi connectivity index (χ2v) is 6.59. The van der Waals surface area contributed by atoms with Crippen molar-refractivity contribution < 1.29 is 19.1 Å². The molecule has 2 bridgehead atoms. The molecule has 3 saturated heterocycles. The van der Waals surface area contributed by atoms with Crippen molar-refractivity contribution in [2.75, 3.05) is 26.3 Å². The van der Waals surface area contributed by atoms with Crippen molar-refractivity contribution in [3.05, 3.63) is 0 Å². The average Bonchev–Trinajstić information content (AvgIpc) is 2.84. The van der Waals surface area contributed by atoms with Gasteiger partial charge in [-0.1, -0.05) is 6.92 Å². The van der Waals surface area contributed by atoms with Crippen LogP contribution in [0.15, 0.2) is 0 Å². The van der Waals surface area contributed by atoms with Crippen LogP contribution in [0.4, 0.5) is 4.79 Å². The predicted octanol–water partition coefficient (Wildman–Crippen LogP) is 0.529. The molecule has 7 heteroatoms. The molecule has 7 nitrogen and oxygen atoms in total. The van der Waals surface area contributed by atoms with Gasteiger partial charge in [-0.3, -0.25) is 9.59 Å². The first-order valence-electron chi connectivity index (χ1n) is 8.57. The molecule has 3 heterocycles. The smallest absolute Gasteiger partial charge is 0.318 e. The Morgan fingerprint density at radius 3 is 2.39 bits per heavy atom. The lowest BCUT2D eigenvalue weighted by Gasteiger charge is -2.36. The van der Waals surface area contributed by atoms with Crippen LogP contribution in [0.25, 0.3) is 0 Å². The van der Waals surface area contributed by atoms with Gasteiger partial charge in [0.25, 0.3) is 0 Å². The molecule has 3 fully saturated rings. The summed E-state index contributed by atoms with van der Waals surface area (Å²) >= 11 is 0. The summed E-state index contributed by atoms with van der Waals surface area (Å²) in [5.74, 6) is 0.211. The van der Waals surface area contributed by atoms with Crippen LogP contribution in [0.1, 0.15) is 39.0 Å². The quantitative estimate of drug-likeness (QED) is 0.822. The van der Waals surface area contributed by atoms with Crippen LogP contribution in [0.5, 0.6) is 0 Å². The lowest BCUT2D eigenvalue weighted by atomic mass is 10.0. The SMILES string of the molecule is CCC(NC(=O)N1C2CCC1CC(=O)C2)C(=O)N1CCOCC1. The van der Waals surface area contributed by atoms with Gasteiger partial charge in [0, 0.05) is 38.0 Å². The third-order valence-electron chi connectivity index (χ3n) is 5.11. The van der Waals surface area contributed by atoms with E-state index in [-0.39, 0.29) is 29.8 Å². The number of fused-ring (bicyclic) bond motifs is 2. The number of rotatable bonds is 3. The molecule has 1 N–H and O–H groups in total. The number of urea groups is 1. The Kier molecular flexibility index (Phi) is 4.84. The molecular weight excluding hydrogens is 298 g/mol. The van der Waals surface area contributed by atoms with Crippen LogP contribution in [0.3, 0.4) is 0 Å². The second kappa shape index (κ2) is 6.86. The Hall–Kier alpha value is -1.63. The molecule has 3 unspecified atom stereocenters. The maximum absolute atomic E-state index is 12.6. The molecule has 0 aliphatic carbocycles. The van der Waals surface area contributed by atoms with Crippen molar-refractivity contribution in [2.24, 2.45) is 0 Å². The highest BCUT2D eigenvalue weighted by Gasteiger charge is 2.43. The Morgan fingerprint density at radius 2 is 1.83 bits per heavy atom. The van der Waals surface area contributed by atoms with Gasteiger partial charge in [-0.05, 0) is 19.3 Å². The summed E-state index contributed by atoms with van der Waals surface area (Å²) in [6.07, 6.45) is 3.25. The van der Waals surface area contributed by atoms with E-state index >= 15 is 0 Å². The van der Waals surface area contributed by atoms with Crippen LogP contribution < -0.4 is 5.32 Å². The highest BCUT2D eigenvalue weighted by Crippen LogP contribution is 2.33. The van der Waals surface area contributed by atoms with Gasteiger partial charge in [0.15, 0.2) is 0 Å². The lowest BCUT2D eigenvalue weighted by molar-refractivity contribution is -0.137. The maximum Gasteiger partial charge on any atom is 0.318 e. The monoisotopic (exact) mass is 323 g/mol. The molecule has 23 heavy (non-hydrogen) atoms. The van der Waals surface area contributed by atoms with E-state index in [0.717, 1.165) is 12.8 Å². The first-order chi connectivity index (χ1) is 11.1. The van der Waals surface area contributed by atoms with Crippen LogP contribution in [0, 0.1) is 0 Å². The summed E-state index contributed by atoms with van der Waals surface area (Å²) in [7, 11) is 0. The summed E-state index contributed by atoms with van der Waals surface area (Å²) in [5.41, 5.74) is 0. The Bertz CT molecular complexity index is 474. The largest absolute Gasteiger partial charge is 0.378 e. The second-order valence-electron chi connectivity index (χ2n) is 6.59. The molecule has 3 aliphatic heterocycles. The van der Waals surface area contributed by atoms with E-state index in [4.69, 9.17) is 4.74 Å². The summed E-state index contributed by atoms with van der Waals surface area (Å²) in [6, 6.07) is -0.675. The normalized spacial score (nSPS) is 28.7. The van der Waals surface area contributed by atoms with E-state index in [2.05, 4.69) is 5.32 Å². The number of amides is 3. The number of carbonyl (C=O) groups is 3. The number of piperidine rings is 1. The maximum atomic E-state index is 12.6. The number of carbonyl (C=O) groups excluding carboxylic acids is 3. The fraction of sp³-hybridized carbons (Fsp3) is 0.812.